The lowest BCUT2D eigenvalue weighted by Gasteiger charge is -2.58. The Morgan fingerprint density at radius 3 is 2.42 bits per heavy atom. The van der Waals surface area contributed by atoms with E-state index < -0.39 is 6.10 Å². The third-order valence-corrected chi connectivity index (χ3v) is 8.28. The van der Waals surface area contributed by atoms with E-state index in [4.69, 9.17) is 11.6 Å². The zero-order chi connectivity index (χ0) is 24.0. The molecule has 4 aliphatic carbocycles. The summed E-state index contributed by atoms with van der Waals surface area (Å²) in [6, 6.07) is 0. The molecule has 0 bridgehead atoms. The summed E-state index contributed by atoms with van der Waals surface area (Å²) in [5.74, 6) is 1.27. The third kappa shape index (κ3) is 4.62. The monoisotopic (exact) mass is 446 g/mol. The zero-order valence-electron chi connectivity index (χ0n) is 19.6. The maximum atomic E-state index is 12.4. The van der Waals surface area contributed by atoms with Gasteiger partial charge in [0.2, 0.25) is 0 Å². The number of aliphatic hydroxyl groups excluding tert-OH is 1. The lowest BCUT2D eigenvalue weighted by Crippen LogP contribution is -2.56. The number of rotatable bonds is 2. The first kappa shape index (κ1) is 27.4. The molecule has 4 unspecified atom stereocenters. The van der Waals surface area contributed by atoms with E-state index in [0.717, 1.165) is 25.7 Å². The molecule has 3 saturated carbocycles. The van der Waals surface area contributed by atoms with Gasteiger partial charge >= 0.3 is 0 Å². The van der Waals surface area contributed by atoms with Crippen LogP contribution in [0.2, 0.25) is 0 Å². The van der Waals surface area contributed by atoms with Crippen molar-refractivity contribution < 1.29 is 14.7 Å². The van der Waals surface area contributed by atoms with Crippen molar-refractivity contribution in [2.45, 2.75) is 65.9 Å². The highest BCUT2D eigenvalue weighted by molar-refractivity contribution is 6.28. The van der Waals surface area contributed by atoms with Crippen LogP contribution in [0.4, 0.5) is 0 Å². The summed E-state index contributed by atoms with van der Waals surface area (Å²) in [4.78, 5) is 24.2. The number of hydrogen-bond acceptors (Lipinski definition) is 3. The van der Waals surface area contributed by atoms with Crippen LogP contribution < -0.4 is 0 Å². The molecule has 1 N–H and O–H groups in total. The van der Waals surface area contributed by atoms with Crippen molar-refractivity contribution in [3.8, 4) is 12.8 Å². The SMILES string of the molecule is C#C.C=C.CC.C[C@]12C[C@@H](O)C3C(CCC4=CC(=O)C=C[C@@]43C)C1CCC2C(=O)CCl. The second-order valence-electron chi connectivity index (χ2n) is 9.03. The van der Waals surface area contributed by atoms with Gasteiger partial charge in [-0.1, -0.05) is 39.3 Å². The largest absolute Gasteiger partial charge is 0.393 e. The Morgan fingerprint density at radius 1 is 1.23 bits per heavy atom. The average Bonchev–Trinajstić information content (AvgIpc) is 3.14. The van der Waals surface area contributed by atoms with Crippen molar-refractivity contribution in [2.24, 2.45) is 34.5 Å². The van der Waals surface area contributed by atoms with E-state index in [9.17, 15) is 14.7 Å². The Morgan fingerprint density at radius 2 is 1.84 bits per heavy atom. The summed E-state index contributed by atoms with van der Waals surface area (Å²) >= 11 is 5.87. The molecule has 3 fully saturated rings. The van der Waals surface area contributed by atoms with Gasteiger partial charge in [-0.3, -0.25) is 9.59 Å². The summed E-state index contributed by atoms with van der Waals surface area (Å²) in [5.41, 5.74) is 0.806. The summed E-state index contributed by atoms with van der Waals surface area (Å²) in [6.45, 7) is 14.4. The van der Waals surface area contributed by atoms with Crippen LogP contribution >= 0.6 is 11.6 Å². The fraction of sp³-hybridized carbons (Fsp3) is 0.630. The smallest absolute Gasteiger partial charge is 0.178 e. The molecule has 0 aromatic heterocycles. The van der Waals surface area contributed by atoms with Gasteiger partial charge in [-0.15, -0.1) is 37.6 Å². The minimum atomic E-state index is -0.443. The van der Waals surface area contributed by atoms with Crippen molar-refractivity contribution in [1.29, 1.82) is 0 Å². The molecule has 0 amide bonds. The molecule has 0 saturated heterocycles. The van der Waals surface area contributed by atoms with Crippen molar-refractivity contribution >= 4 is 23.2 Å². The second-order valence-corrected chi connectivity index (χ2v) is 9.30. The molecule has 0 radical (unpaired) electrons. The first-order chi connectivity index (χ1) is 14.8. The van der Waals surface area contributed by atoms with Crippen LogP contribution in [-0.4, -0.2) is 28.7 Å². The lowest BCUT2D eigenvalue weighted by atomic mass is 9.46. The van der Waals surface area contributed by atoms with Gasteiger partial charge in [0, 0.05) is 17.3 Å². The van der Waals surface area contributed by atoms with E-state index in [0.29, 0.717) is 18.3 Å². The maximum Gasteiger partial charge on any atom is 0.178 e. The van der Waals surface area contributed by atoms with E-state index in [2.05, 4.69) is 39.9 Å². The van der Waals surface area contributed by atoms with E-state index in [1.807, 2.05) is 19.9 Å². The topological polar surface area (TPSA) is 54.4 Å². The predicted molar refractivity (Wildman–Crippen MR) is 130 cm³/mol. The number of alkyl halides is 1. The fourth-order valence-electron chi connectivity index (χ4n) is 6.95. The van der Waals surface area contributed by atoms with Crippen LogP contribution in [0.25, 0.3) is 0 Å². The Hall–Kier alpha value is -1.63. The lowest BCUT2D eigenvalue weighted by molar-refractivity contribution is -0.137. The quantitative estimate of drug-likeness (QED) is 0.333. The maximum absolute atomic E-state index is 12.4. The van der Waals surface area contributed by atoms with Gasteiger partial charge in [0.05, 0.1) is 12.0 Å². The Kier molecular flexibility index (Phi) is 9.99. The van der Waals surface area contributed by atoms with Crippen molar-refractivity contribution in [3.63, 3.8) is 0 Å². The third-order valence-electron chi connectivity index (χ3n) is 8.01. The van der Waals surface area contributed by atoms with Crippen LogP contribution in [-0.2, 0) is 9.59 Å². The highest BCUT2D eigenvalue weighted by atomic mass is 35.5. The van der Waals surface area contributed by atoms with Crippen molar-refractivity contribution in [2.75, 3.05) is 5.88 Å². The molecule has 7 atom stereocenters. The summed E-state index contributed by atoms with van der Waals surface area (Å²) in [5, 5.41) is 11.2. The van der Waals surface area contributed by atoms with E-state index in [-0.39, 0.29) is 40.1 Å². The van der Waals surface area contributed by atoms with Gasteiger partial charge in [0.25, 0.3) is 0 Å². The van der Waals surface area contributed by atoms with Crippen LogP contribution in [0.15, 0.2) is 37.0 Å². The van der Waals surface area contributed by atoms with Gasteiger partial charge in [-0.25, -0.2) is 0 Å². The molecule has 31 heavy (non-hydrogen) atoms. The Bertz CT molecular complexity index is 736. The van der Waals surface area contributed by atoms with Gasteiger partial charge in [0.1, 0.15) is 0 Å². The number of halogens is 1. The van der Waals surface area contributed by atoms with Gasteiger partial charge in [0.15, 0.2) is 11.6 Å². The molecule has 0 aromatic carbocycles. The minimum absolute atomic E-state index is 0.0150. The predicted octanol–water partition coefficient (Wildman–Crippen LogP) is 5.77. The molecule has 172 valence electrons. The highest BCUT2D eigenvalue weighted by Gasteiger charge is 2.62. The number of aliphatic hydroxyl groups is 1. The number of fused-ring (bicyclic) bond motifs is 5. The first-order valence-corrected chi connectivity index (χ1v) is 11.9. The molecule has 3 nitrogen and oxygen atoms in total. The summed E-state index contributed by atoms with van der Waals surface area (Å²) in [7, 11) is 0. The number of carbonyl (C=O) groups is 2. The van der Waals surface area contributed by atoms with Gasteiger partial charge in [-0.2, -0.15) is 0 Å². The average molecular weight is 447 g/mol. The van der Waals surface area contributed by atoms with E-state index in [1.54, 1.807) is 12.2 Å². The Balaban J connectivity index is 0.000000739. The van der Waals surface area contributed by atoms with E-state index in [1.165, 1.54) is 5.57 Å². The molecule has 0 aromatic rings. The van der Waals surface area contributed by atoms with Gasteiger partial charge in [-0.05, 0) is 61.5 Å². The fourth-order valence-corrected chi connectivity index (χ4v) is 7.13. The zero-order valence-corrected chi connectivity index (χ0v) is 20.3. The van der Waals surface area contributed by atoms with Crippen LogP contribution in [0.3, 0.4) is 0 Å². The molecule has 4 rings (SSSR count). The standard InChI is InChI=1S/C21H27ClO3.C2H6.C2H4.C2H2/c1-20-8-7-13(23)9-12(20)3-4-14-15-5-6-16(18(25)11-22)21(15,2)10-17(24)19(14)20;3*1-2/h7-9,14-17,19,24H,3-6,10-11H2,1-2H3;1-2H3;1-2H2;1-2H/t14?,15?,16?,17-,19?,20+,21+;;;/m1.../s1. The number of Topliss-reactive ketones (excluding diaryl/α,β-unsaturated/α-hetero) is 1. The minimum Gasteiger partial charge on any atom is -0.393 e. The molecule has 4 heteroatoms. The molecule has 4 aliphatic rings. The summed E-state index contributed by atoms with van der Waals surface area (Å²) in [6.07, 6.45) is 17.6. The van der Waals surface area contributed by atoms with Crippen molar-refractivity contribution in [3.05, 3.63) is 37.0 Å². The number of ketones is 2. The number of terminal acetylenes is 1. The second kappa shape index (κ2) is 11.3. The number of carbonyl (C=O) groups excluding carboxylic acids is 2. The van der Waals surface area contributed by atoms with Crippen LogP contribution in [0.1, 0.15) is 59.8 Å². The normalized spacial score (nSPS) is 39.4. The highest BCUT2D eigenvalue weighted by Crippen LogP contribution is 2.66. The molecular weight excluding hydrogens is 408 g/mol. The first-order valence-electron chi connectivity index (χ1n) is 11.4. The molecule has 0 heterocycles. The number of hydrogen-bond donors (Lipinski definition) is 1. The molecule has 0 spiro atoms. The van der Waals surface area contributed by atoms with Gasteiger partial charge < -0.3 is 5.11 Å². The van der Waals surface area contributed by atoms with Crippen molar-refractivity contribution in [1.82, 2.24) is 0 Å². The molecular formula is C27H39ClO3. The molecule has 0 aliphatic heterocycles. The van der Waals surface area contributed by atoms with Crippen LogP contribution in [0.5, 0.6) is 0 Å². The van der Waals surface area contributed by atoms with Crippen LogP contribution in [0, 0.1) is 47.3 Å². The number of allylic oxidation sites excluding steroid dienone is 4. The Labute approximate surface area is 194 Å². The summed E-state index contributed by atoms with van der Waals surface area (Å²) < 4.78 is 0. The van der Waals surface area contributed by atoms with E-state index >= 15 is 0 Å².